The minimum absolute atomic E-state index is 0.339. The summed E-state index contributed by atoms with van der Waals surface area (Å²) in [6.07, 6.45) is 4.65. The van der Waals surface area contributed by atoms with Gasteiger partial charge in [0.2, 0.25) is 0 Å². The van der Waals surface area contributed by atoms with Crippen LogP contribution in [-0.4, -0.2) is 10.1 Å². The summed E-state index contributed by atoms with van der Waals surface area (Å²) in [5.41, 5.74) is 6.81. The average molecular weight is 218 g/mol. The molecule has 0 bridgehead atoms. The lowest BCUT2D eigenvalue weighted by molar-refractivity contribution is 0.101. The van der Waals surface area contributed by atoms with Gasteiger partial charge < -0.3 is 15.3 Å². The zero-order valence-corrected chi connectivity index (χ0v) is 9.27. The monoisotopic (exact) mass is 218 g/mol. The molecule has 2 aromatic heterocycles. The Kier molecular flexibility index (Phi) is 2.44. The highest BCUT2D eigenvalue weighted by atomic mass is 16.3. The maximum absolute atomic E-state index is 10.5. The standard InChI is InChI=1S/C12H14N2O2/c1-8-3-5-14-11(13)10(8)12(2,15)9-4-6-16-7-9/h3-7,15H,1-2H3,(H2,13,14). The fourth-order valence-electron chi connectivity index (χ4n) is 1.90. The normalized spacial score (nSPS) is 14.7. The number of nitrogen functional groups attached to an aromatic ring is 1. The van der Waals surface area contributed by atoms with Crippen LogP contribution < -0.4 is 5.73 Å². The van der Waals surface area contributed by atoms with E-state index in [9.17, 15) is 5.11 Å². The van der Waals surface area contributed by atoms with Gasteiger partial charge in [-0.15, -0.1) is 0 Å². The van der Waals surface area contributed by atoms with Crippen LogP contribution in [-0.2, 0) is 5.60 Å². The summed E-state index contributed by atoms with van der Waals surface area (Å²) < 4.78 is 4.98. The number of aliphatic hydroxyl groups is 1. The Morgan fingerprint density at radius 1 is 1.44 bits per heavy atom. The van der Waals surface area contributed by atoms with Crippen molar-refractivity contribution in [2.24, 2.45) is 0 Å². The SMILES string of the molecule is Cc1ccnc(N)c1C(C)(O)c1ccoc1. The van der Waals surface area contributed by atoms with Crippen molar-refractivity contribution in [3.63, 3.8) is 0 Å². The third-order valence-corrected chi connectivity index (χ3v) is 2.76. The molecule has 2 aromatic rings. The first-order chi connectivity index (χ1) is 7.53. The van der Waals surface area contributed by atoms with E-state index in [1.54, 1.807) is 19.2 Å². The molecule has 4 nitrogen and oxygen atoms in total. The van der Waals surface area contributed by atoms with Gasteiger partial charge in [-0.05, 0) is 31.5 Å². The van der Waals surface area contributed by atoms with Crippen molar-refractivity contribution in [1.29, 1.82) is 0 Å². The lowest BCUT2D eigenvalue weighted by Crippen LogP contribution is -2.25. The Morgan fingerprint density at radius 2 is 2.19 bits per heavy atom. The van der Waals surface area contributed by atoms with Gasteiger partial charge in [-0.3, -0.25) is 0 Å². The van der Waals surface area contributed by atoms with E-state index >= 15 is 0 Å². The zero-order valence-electron chi connectivity index (χ0n) is 9.27. The van der Waals surface area contributed by atoms with Gasteiger partial charge in [0.1, 0.15) is 11.4 Å². The predicted octanol–water partition coefficient (Wildman–Crippen LogP) is 1.82. The molecule has 16 heavy (non-hydrogen) atoms. The summed E-state index contributed by atoms with van der Waals surface area (Å²) in [7, 11) is 0. The highest BCUT2D eigenvalue weighted by Crippen LogP contribution is 2.34. The number of hydrogen-bond donors (Lipinski definition) is 2. The summed E-state index contributed by atoms with van der Waals surface area (Å²) in [5, 5.41) is 10.5. The van der Waals surface area contributed by atoms with Gasteiger partial charge in [-0.2, -0.15) is 0 Å². The minimum atomic E-state index is -1.19. The van der Waals surface area contributed by atoms with Crippen molar-refractivity contribution in [3.05, 3.63) is 47.5 Å². The minimum Gasteiger partial charge on any atom is -0.472 e. The van der Waals surface area contributed by atoms with Gasteiger partial charge in [0.25, 0.3) is 0 Å². The quantitative estimate of drug-likeness (QED) is 0.806. The average Bonchev–Trinajstić information content (AvgIpc) is 2.69. The van der Waals surface area contributed by atoms with Crippen LogP contribution in [0.25, 0.3) is 0 Å². The number of nitrogens with two attached hydrogens (primary N) is 1. The summed E-state index contributed by atoms with van der Waals surface area (Å²) >= 11 is 0. The zero-order chi connectivity index (χ0) is 11.8. The molecule has 1 atom stereocenters. The largest absolute Gasteiger partial charge is 0.472 e. The molecule has 2 rings (SSSR count). The Bertz CT molecular complexity index is 469. The topological polar surface area (TPSA) is 72.3 Å². The number of hydrogen-bond acceptors (Lipinski definition) is 4. The van der Waals surface area contributed by atoms with Crippen molar-refractivity contribution in [2.45, 2.75) is 19.4 Å². The van der Waals surface area contributed by atoms with E-state index in [0.717, 1.165) is 5.56 Å². The summed E-state index contributed by atoms with van der Waals surface area (Å²) in [4.78, 5) is 4.00. The van der Waals surface area contributed by atoms with Crippen LogP contribution >= 0.6 is 0 Å². The molecule has 0 amide bonds. The molecule has 0 aliphatic carbocycles. The number of pyridine rings is 1. The lowest BCUT2D eigenvalue weighted by atomic mass is 9.87. The fourth-order valence-corrected chi connectivity index (χ4v) is 1.90. The van der Waals surface area contributed by atoms with E-state index in [0.29, 0.717) is 16.9 Å². The molecule has 0 saturated heterocycles. The van der Waals surface area contributed by atoms with E-state index in [1.165, 1.54) is 12.5 Å². The second-order valence-corrected chi connectivity index (χ2v) is 3.97. The number of aryl methyl sites for hydroxylation is 1. The van der Waals surface area contributed by atoms with Gasteiger partial charge in [0.05, 0.1) is 12.5 Å². The lowest BCUT2D eigenvalue weighted by Gasteiger charge is -2.25. The summed E-state index contributed by atoms with van der Waals surface area (Å²) in [6, 6.07) is 3.53. The second-order valence-electron chi connectivity index (χ2n) is 3.97. The van der Waals surface area contributed by atoms with E-state index < -0.39 is 5.60 Å². The van der Waals surface area contributed by atoms with Gasteiger partial charge >= 0.3 is 0 Å². The van der Waals surface area contributed by atoms with Crippen molar-refractivity contribution < 1.29 is 9.52 Å². The third-order valence-electron chi connectivity index (χ3n) is 2.76. The Morgan fingerprint density at radius 3 is 2.75 bits per heavy atom. The van der Waals surface area contributed by atoms with Crippen molar-refractivity contribution in [1.82, 2.24) is 4.98 Å². The van der Waals surface area contributed by atoms with Crippen LogP contribution in [0.1, 0.15) is 23.6 Å². The number of rotatable bonds is 2. The molecular formula is C12H14N2O2. The molecule has 2 heterocycles. The molecule has 0 aliphatic heterocycles. The van der Waals surface area contributed by atoms with Crippen molar-refractivity contribution >= 4 is 5.82 Å². The Labute approximate surface area is 93.7 Å². The third kappa shape index (κ3) is 1.57. The first-order valence-electron chi connectivity index (χ1n) is 5.00. The van der Waals surface area contributed by atoms with Gasteiger partial charge in [-0.1, -0.05) is 0 Å². The highest BCUT2D eigenvalue weighted by Gasteiger charge is 2.30. The molecule has 84 valence electrons. The van der Waals surface area contributed by atoms with E-state index in [1.807, 2.05) is 13.0 Å². The van der Waals surface area contributed by atoms with E-state index in [4.69, 9.17) is 10.2 Å². The molecule has 3 N–H and O–H groups in total. The van der Waals surface area contributed by atoms with Crippen LogP contribution in [0.3, 0.4) is 0 Å². The molecule has 0 saturated carbocycles. The summed E-state index contributed by atoms with van der Waals surface area (Å²) in [5.74, 6) is 0.339. The number of furan rings is 1. The maximum Gasteiger partial charge on any atom is 0.130 e. The van der Waals surface area contributed by atoms with Crippen LogP contribution in [0.4, 0.5) is 5.82 Å². The molecular weight excluding hydrogens is 204 g/mol. The molecule has 0 aliphatic rings. The van der Waals surface area contributed by atoms with Crippen molar-refractivity contribution in [2.75, 3.05) is 5.73 Å². The highest BCUT2D eigenvalue weighted by molar-refractivity contribution is 5.51. The van der Waals surface area contributed by atoms with Gasteiger partial charge in [0.15, 0.2) is 0 Å². The first-order valence-corrected chi connectivity index (χ1v) is 5.00. The Balaban J connectivity index is 2.60. The van der Waals surface area contributed by atoms with E-state index in [-0.39, 0.29) is 0 Å². The molecule has 4 heteroatoms. The second kappa shape index (κ2) is 3.64. The summed E-state index contributed by atoms with van der Waals surface area (Å²) in [6.45, 7) is 3.57. The van der Waals surface area contributed by atoms with Crippen LogP contribution in [0.2, 0.25) is 0 Å². The maximum atomic E-state index is 10.5. The molecule has 0 radical (unpaired) electrons. The molecule has 0 aromatic carbocycles. The molecule has 0 fully saturated rings. The van der Waals surface area contributed by atoms with Crippen LogP contribution in [0.15, 0.2) is 35.3 Å². The van der Waals surface area contributed by atoms with Crippen molar-refractivity contribution in [3.8, 4) is 0 Å². The number of anilines is 1. The van der Waals surface area contributed by atoms with Gasteiger partial charge in [-0.25, -0.2) is 4.98 Å². The van der Waals surface area contributed by atoms with Gasteiger partial charge in [0, 0.05) is 17.3 Å². The number of aromatic nitrogens is 1. The van der Waals surface area contributed by atoms with E-state index in [2.05, 4.69) is 4.98 Å². The number of nitrogens with zero attached hydrogens (tertiary/aromatic N) is 1. The first kappa shape index (κ1) is 10.7. The molecule has 1 unspecified atom stereocenters. The molecule has 0 spiro atoms. The predicted molar refractivity (Wildman–Crippen MR) is 60.8 cm³/mol. The Hall–Kier alpha value is -1.81. The smallest absolute Gasteiger partial charge is 0.130 e. The fraction of sp³-hybridized carbons (Fsp3) is 0.250. The van der Waals surface area contributed by atoms with Crippen LogP contribution in [0.5, 0.6) is 0 Å². The van der Waals surface area contributed by atoms with Crippen LogP contribution in [0, 0.1) is 6.92 Å².